The summed E-state index contributed by atoms with van der Waals surface area (Å²) >= 11 is 0. The maximum absolute atomic E-state index is 12.2. The molecule has 4 heteroatoms. The minimum Gasteiger partial charge on any atom is -0.506 e. The van der Waals surface area contributed by atoms with Gasteiger partial charge in [-0.25, -0.2) is 8.78 Å². The Morgan fingerprint density at radius 1 is 1.42 bits per heavy atom. The topological polar surface area (TPSA) is 33.1 Å². The summed E-state index contributed by atoms with van der Waals surface area (Å²) in [5.74, 6) is -0.407. The maximum Gasteiger partial charge on any atom is 0.267 e. The molecule has 1 aromatic rings. The Balaban J connectivity index is 3.28. The van der Waals surface area contributed by atoms with E-state index in [4.69, 9.17) is 5.11 Å². The molecule has 1 heterocycles. The summed E-state index contributed by atoms with van der Waals surface area (Å²) in [7, 11) is 0. The maximum atomic E-state index is 12.2. The summed E-state index contributed by atoms with van der Waals surface area (Å²) in [5, 5.41) is 9.15. The van der Waals surface area contributed by atoms with Crippen LogP contribution in [0.4, 0.5) is 8.78 Å². The first-order valence-corrected chi connectivity index (χ1v) is 3.47. The first-order valence-electron chi connectivity index (χ1n) is 3.47. The van der Waals surface area contributed by atoms with Crippen molar-refractivity contribution < 1.29 is 13.9 Å². The summed E-state index contributed by atoms with van der Waals surface area (Å²) in [6, 6.07) is 1.19. The van der Waals surface area contributed by atoms with E-state index >= 15 is 0 Å². The fourth-order valence-corrected chi connectivity index (χ4v) is 1.02. The predicted octanol–water partition coefficient (Wildman–Crippen LogP) is 2.34. The van der Waals surface area contributed by atoms with E-state index in [1.165, 1.54) is 13.0 Å². The molecule has 0 aliphatic rings. The van der Waals surface area contributed by atoms with Gasteiger partial charge in [0.15, 0.2) is 0 Å². The second-order valence-corrected chi connectivity index (χ2v) is 2.59. The van der Waals surface area contributed by atoms with Crippen molar-refractivity contribution in [1.29, 1.82) is 0 Å². The number of halogens is 2. The smallest absolute Gasteiger partial charge is 0.267 e. The van der Waals surface area contributed by atoms with E-state index in [1.54, 1.807) is 6.92 Å². The summed E-state index contributed by atoms with van der Waals surface area (Å²) in [6.07, 6.45) is -2.65. The van der Waals surface area contributed by atoms with Crippen LogP contribution in [-0.2, 0) is 0 Å². The van der Waals surface area contributed by atoms with Crippen LogP contribution in [0.3, 0.4) is 0 Å². The molecular formula is C8H9F2NO. The minimum atomic E-state index is -2.65. The molecule has 0 saturated carbocycles. The van der Waals surface area contributed by atoms with Crippen LogP contribution < -0.4 is 0 Å². The van der Waals surface area contributed by atoms with Gasteiger partial charge in [0.1, 0.15) is 5.75 Å². The zero-order valence-corrected chi connectivity index (χ0v) is 6.81. The third-order valence-electron chi connectivity index (χ3n) is 1.56. The fourth-order valence-electron chi connectivity index (χ4n) is 1.02. The van der Waals surface area contributed by atoms with E-state index in [0.29, 0.717) is 5.69 Å². The molecule has 0 unspecified atom stereocenters. The van der Waals surface area contributed by atoms with Crippen LogP contribution in [0.1, 0.15) is 23.4 Å². The van der Waals surface area contributed by atoms with Crippen LogP contribution in [-0.4, -0.2) is 10.1 Å². The standard InChI is InChI=1S/C8H9F2NO/c1-4-3-6(8(9)10)7(12)5(2)11-4/h3,8,12H,1-2H3. The number of aromatic hydroxyl groups is 1. The number of hydrogen-bond acceptors (Lipinski definition) is 2. The van der Waals surface area contributed by atoms with Crippen molar-refractivity contribution in [3.63, 3.8) is 0 Å². The first kappa shape index (κ1) is 8.90. The van der Waals surface area contributed by atoms with E-state index in [-0.39, 0.29) is 11.3 Å². The Morgan fingerprint density at radius 2 is 2.00 bits per heavy atom. The number of pyridine rings is 1. The lowest BCUT2D eigenvalue weighted by atomic mass is 10.2. The highest BCUT2D eigenvalue weighted by molar-refractivity contribution is 5.37. The molecule has 0 amide bonds. The van der Waals surface area contributed by atoms with Crippen LogP contribution in [0.25, 0.3) is 0 Å². The van der Waals surface area contributed by atoms with Crippen molar-refractivity contribution >= 4 is 0 Å². The molecule has 0 aliphatic carbocycles. The molecule has 66 valence electrons. The average molecular weight is 173 g/mol. The molecule has 1 aromatic heterocycles. The zero-order chi connectivity index (χ0) is 9.30. The zero-order valence-electron chi connectivity index (χ0n) is 6.81. The number of nitrogens with zero attached hydrogens (tertiary/aromatic N) is 1. The van der Waals surface area contributed by atoms with Crippen molar-refractivity contribution in [2.45, 2.75) is 20.3 Å². The molecule has 0 spiro atoms. The van der Waals surface area contributed by atoms with Crippen molar-refractivity contribution in [3.8, 4) is 5.75 Å². The van der Waals surface area contributed by atoms with E-state index in [2.05, 4.69) is 4.98 Å². The lowest BCUT2D eigenvalue weighted by Crippen LogP contribution is -1.93. The van der Waals surface area contributed by atoms with Gasteiger partial charge in [-0.2, -0.15) is 0 Å². The molecule has 1 N–H and O–H groups in total. The summed E-state index contributed by atoms with van der Waals surface area (Å²) in [6.45, 7) is 3.10. The van der Waals surface area contributed by atoms with Gasteiger partial charge < -0.3 is 5.11 Å². The number of rotatable bonds is 1. The van der Waals surface area contributed by atoms with Gasteiger partial charge >= 0.3 is 0 Å². The normalized spacial score (nSPS) is 10.8. The monoisotopic (exact) mass is 173 g/mol. The minimum absolute atomic E-state index is 0.241. The molecule has 0 radical (unpaired) electrons. The Morgan fingerprint density at radius 3 is 2.50 bits per heavy atom. The van der Waals surface area contributed by atoms with Crippen molar-refractivity contribution in [2.24, 2.45) is 0 Å². The predicted molar refractivity (Wildman–Crippen MR) is 40.3 cm³/mol. The molecule has 1 rings (SSSR count). The van der Waals surface area contributed by atoms with Crippen LogP contribution in [0.15, 0.2) is 6.07 Å². The lowest BCUT2D eigenvalue weighted by molar-refractivity contribution is 0.147. The first-order chi connectivity index (χ1) is 5.52. The molecule has 0 bridgehead atoms. The van der Waals surface area contributed by atoms with Gasteiger partial charge in [0.05, 0.1) is 11.3 Å². The average Bonchev–Trinajstić information content (AvgIpc) is 1.96. The van der Waals surface area contributed by atoms with E-state index in [0.717, 1.165) is 0 Å². The second-order valence-electron chi connectivity index (χ2n) is 2.59. The van der Waals surface area contributed by atoms with Crippen molar-refractivity contribution in [3.05, 3.63) is 23.0 Å². The number of alkyl halides is 2. The molecule has 12 heavy (non-hydrogen) atoms. The van der Waals surface area contributed by atoms with Gasteiger partial charge in [-0.05, 0) is 19.9 Å². The SMILES string of the molecule is Cc1cc(C(F)F)c(O)c(C)n1. The Hall–Kier alpha value is -1.19. The van der Waals surface area contributed by atoms with Gasteiger partial charge in [0.2, 0.25) is 0 Å². The highest BCUT2D eigenvalue weighted by Gasteiger charge is 2.15. The van der Waals surface area contributed by atoms with Gasteiger partial charge in [0, 0.05) is 5.69 Å². The van der Waals surface area contributed by atoms with E-state index in [9.17, 15) is 8.78 Å². The van der Waals surface area contributed by atoms with Crippen molar-refractivity contribution in [1.82, 2.24) is 4.98 Å². The van der Waals surface area contributed by atoms with Gasteiger partial charge in [-0.1, -0.05) is 0 Å². The third-order valence-corrected chi connectivity index (χ3v) is 1.56. The van der Waals surface area contributed by atoms with Crippen molar-refractivity contribution in [2.75, 3.05) is 0 Å². The van der Waals surface area contributed by atoms with E-state index < -0.39 is 12.2 Å². The molecule has 0 aliphatic heterocycles. The molecule has 0 saturated heterocycles. The summed E-state index contributed by atoms with van der Waals surface area (Å²) < 4.78 is 24.4. The molecular weight excluding hydrogens is 164 g/mol. The van der Waals surface area contributed by atoms with E-state index in [1.807, 2.05) is 0 Å². The van der Waals surface area contributed by atoms with Gasteiger partial charge in [0.25, 0.3) is 6.43 Å². The van der Waals surface area contributed by atoms with Gasteiger partial charge in [-0.3, -0.25) is 4.98 Å². The second kappa shape index (κ2) is 3.05. The fraction of sp³-hybridized carbons (Fsp3) is 0.375. The van der Waals surface area contributed by atoms with Crippen LogP contribution in [0.5, 0.6) is 5.75 Å². The third kappa shape index (κ3) is 1.52. The molecule has 0 fully saturated rings. The quantitative estimate of drug-likeness (QED) is 0.707. The van der Waals surface area contributed by atoms with Crippen LogP contribution in [0.2, 0.25) is 0 Å². The summed E-state index contributed by atoms with van der Waals surface area (Å²) in [4.78, 5) is 3.83. The largest absolute Gasteiger partial charge is 0.506 e. The molecule has 0 atom stereocenters. The number of hydrogen-bond donors (Lipinski definition) is 1. The highest BCUT2D eigenvalue weighted by Crippen LogP contribution is 2.30. The molecule has 0 aromatic carbocycles. The van der Waals surface area contributed by atoms with Gasteiger partial charge in [-0.15, -0.1) is 0 Å². The Labute approximate surface area is 68.9 Å². The highest BCUT2D eigenvalue weighted by atomic mass is 19.3. The number of aryl methyl sites for hydroxylation is 2. The van der Waals surface area contributed by atoms with Crippen LogP contribution in [0, 0.1) is 13.8 Å². The Kier molecular flexibility index (Phi) is 2.26. The number of aromatic nitrogens is 1. The van der Waals surface area contributed by atoms with Crippen LogP contribution >= 0.6 is 0 Å². The molecule has 2 nitrogen and oxygen atoms in total. The Bertz CT molecular complexity index is 299. The summed E-state index contributed by atoms with van der Waals surface area (Å²) in [5.41, 5.74) is 0.380. The lowest BCUT2D eigenvalue weighted by Gasteiger charge is -2.06.